The van der Waals surface area contributed by atoms with E-state index in [0.29, 0.717) is 28.3 Å². The van der Waals surface area contributed by atoms with Crippen LogP contribution >= 0.6 is 0 Å². The number of carbonyl (C=O) groups excluding carboxylic acids is 2. The van der Waals surface area contributed by atoms with Crippen molar-refractivity contribution in [2.75, 3.05) is 12.4 Å². The number of carbonyl (C=O) groups is 2. The van der Waals surface area contributed by atoms with Gasteiger partial charge in [0.2, 0.25) is 0 Å². The first kappa shape index (κ1) is 21.9. The lowest BCUT2D eigenvalue weighted by molar-refractivity contribution is -0.118. The summed E-state index contributed by atoms with van der Waals surface area (Å²) in [4.78, 5) is 29.3. The van der Waals surface area contributed by atoms with E-state index in [9.17, 15) is 9.59 Å². The quantitative estimate of drug-likeness (QED) is 0.603. The molecule has 162 valence electrons. The van der Waals surface area contributed by atoms with Gasteiger partial charge in [0.25, 0.3) is 5.91 Å². The molecule has 8 nitrogen and oxygen atoms in total. The average Bonchev–Trinajstić information content (AvgIpc) is 3.26. The summed E-state index contributed by atoms with van der Waals surface area (Å²) in [5.74, 6) is 0.626. The summed E-state index contributed by atoms with van der Waals surface area (Å²) in [5.41, 5.74) is 1.13. The highest BCUT2D eigenvalue weighted by Crippen LogP contribution is 2.32. The first-order chi connectivity index (χ1) is 14.8. The number of hydrogen-bond donors (Lipinski definition) is 2. The van der Waals surface area contributed by atoms with Crippen molar-refractivity contribution in [3.05, 3.63) is 66.7 Å². The molecule has 1 heterocycles. The number of amides is 2. The summed E-state index contributed by atoms with van der Waals surface area (Å²) in [6, 6.07) is 13.1. The molecule has 3 aromatic rings. The van der Waals surface area contributed by atoms with Gasteiger partial charge in [-0.15, -0.1) is 0 Å². The van der Waals surface area contributed by atoms with Crippen molar-refractivity contribution in [1.82, 2.24) is 10.3 Å². The van der Waals surface area contributed by atoms with Crippen molar-refractivity contribution in [3.63, 3.8) is 0 Å². The lowest BCUT2D eigenvalue weighted by Gasteiger charge is -2.23. The summed E-state index contributed by atoms with van der Waals surface area (Å²) in [7, 11) is 1.53. The summed E-state index contributed by atoms with van der Waals surface area (Å²) in [6.45, 7) is 5.27. The van der Waals surface area contributed by atoms with Gasteiger partial charge in [0.1, 0.15) is 17.4 Å². The predicted octanol–water partition coefficient (Wildman–Crippen LogP) is 4.55. The van der Waals surface area contributed by atoms with Gasteiger partial charge in [0.15, 0.2) is 12.2 Å². The van der Waals surface area contributed by atoms with Crippen molar-refractivity contribution >= 4 is 17.7 Å². The number of methoxy groups -OCH3 is 1. The molecule has 0 spiro atoms. The summed E-state index contributed by atoms with van der Waals surface area (Å²) < 4.78 is 16.1. The summed E-state index contributed by atoms with van der Waals surface area (Å²) in [6.07, 6.45) is 2.22. The van der Waals surface area contributed by atoms with E-state index in [1.807, 2.05) is 6.07 Å². The molecule has 0 radical (unpaired) electrons. The fraction of sp³-hybridized carbons (Fsp3) is 0.261. The number of ether oxygens (including phenoxy) is 2. The van der Waals surface area contributed by atoms with Crippen molar-refractivity contribution in [2.45, 2.75) is 32.4 Å². The standard InChI is InChI=1S/C23H25N3O5/c1-23(2,3)31-22(28)26-20(15-8-6-5-7-9-15)21(27)25-16-10-11-17(18(12-16)29-4)19-13-24-14-30-19/h5-14,20H,1-4H3,(H,25,27)(H,26,28). The molecule has 0 saturated heterocycles. The lowest BCUT2D eigenvalue weighted by Crippen LogP contribution is -2.40. The van der Waals surface area contributed by atoms with Crippen LogP contribution in [-0.4, -0.2) is 29.7 Å². The smallest absolute Gasteiger partial charge is 0.408 e. The molecule has 1 atom stereocenters. The van der Waals surface area contributed by atoms with Gasteiger partial charge in [-0.1, -0.05) is 30.3 Å². The zero-order chi connectivity index (χ0) is 22.4. The van der Waals surface area contributed by atoms with Crippen LogP contribution < -0.4 is 15.4 Å². The third-order valence-electron chi connectivity index (χ3n) is 4.22. The van der Waals surface area contributed by atoms with Crippen LogP contribution in [0.4, 0.5) is 10.5 Å². The fourth-order valence-corrected chi connectivity index (χ4v) is 2.91. The Balaban J connectivity index is 1.82. The molecule has 0 bridgehead atoms. The number of benzene rings is 2. The fourth-order valence-electron chi connectivity index (χ4n) is 2.91. The second-order valence-corrected chi connectivity index (χ2v) is 7.76. The summed E-state index contributed by atoms with van der Waals surface area (Å²) in [5, 5.41) is 5.46. The largest absolute Gasteiger partial charge is 0.496 e. The normalized spacial score (nSPS) is 12.0. The predicted molar refractivity (Wildman–Crippen MR) is 116 cm³/mol. The molecule has 8 heteroatoms. The second-order valence-electron chi connectivity index (χ2n) is 7.76. The van der Waals surface area contributed by atoms with Crippen LogP contribution in [0, 0.1) is 0 Å². The Morgan fingerprint density at radius 1 is 1.10 bits per heavy atom. The van der Waals surface area contributed by atoms with Gasteiger partial charge in [-0.05, 0) is 38.5 Å². The molecule has 0 fully saturated rings. The van der Waals surface area contributed by atoms with E-state index in [-0.39, 0.29) is 0 Å². The average molecular weight is 423 g/mol. The zero-order valence-electron chi connectivity index (χ0n) is 17.8. The number of aromatic nitrogens is 1. The summed E-state index contributed by atoms with van der Waals surface area (Å²) >= 11 is 0. The monoisotopic (exact) mass is 423 g/mol. The highest BCUT2D eigenvalue weighted by atomic mass is 16.6. The van der Waals surface area contributed by atoms with E-state index in [2.05, 4.69) is 15.6 Å². The molecule has 3 rings (SSSR count). The molecular weight excluding hydrogens is 398 g/mol. The van der Waals surface area contributed by atoms with Gasteiger partial charge in [-0.25, -0.2) is 9.78 Å². The molecular formula is C23H25N3O5. The maximum absolute atomic E-state index is 13.1. The topological polar surface area (TPSA) is 103 Å². The maximum Gasteiger partial charge on any atom is 0.408 e. The second kappa shape index (κ2) is 9.34. The molecule has 31 heavy (non-hydrogen) atoms. The Morgan fingerprint density at radius 3 is 2.45 bits per heavy atom. The van der Waals surface area contributed by atoms with E-state index >= 15 is 0 Å². The minimum absolute atomic E-state index is 0.425. The molecule has 1 unspecified atom stereocenters. The van der Waals surface area contributed by atoms with Crippen LogP contribution in [0.15, 0.2) is 65.5 Å². The Hall–Kier alpha value is -3.81. The minimum Gasteiger partial charge on any atom is -0.496 e. The van der Waals surface area contributed by atoms with Crippen molar-refractivity contribution in [1.29, 1.82) is 0 Å². The highest BCUT2D eigenvalue weighted by molar-refractivity contribution is 5.97. The van der Waals surface area contributed by atoms with Crippen LogP contribution in [0.1, 0.15) is 32.4 Å². The highest BCUT2D eigenvalue weighted by Gasteiger charge is 2.26. The Labute approximate surface area is 180 Å². The van der Waals surface area contributed by atoms with Gasteiger partial charge in [-0.2, -0.15) is 0 Å². The first-order valence-corrected chi connectivity index (χ1v) is 9.69. The van der Waals surface area contributed by atoms with E-state index in [1.54, 1.807) is 69.4 Å². The van der Waals surface area contributed by atoms with Gasteiger partial charge >= 0.3 is 6.09 Å². The molecule has 0 aliphatic rings. The number of anilines is 1. The molecule has 1 aromatic heterocycles. The molecule has 0 saturated carbocycles. The third-order valence-corrected chi connectivity index (χ3v) is 4.22. The molecule has 2 amide bonds. The van der Waals surface area contributed by atoms with Gasteiger partial charge in [-0.3, -0.25) is 4.79 Å². The number of rotatable bonds is 6. The Morgan fingerprint density at radius 2 is 1.84 bits per heavy atom. The van der Waals surface area contributed by atoms with Gasteiger partial charge in [0.05, 0.1) is 18.9 Å². The van der Waals surface area contributed by atoms with Crippen LogP contribution in [0.3, 0.4) is 0 Å². The number of nitrogens with zero attached hydrogens (tertiary/aromatic N) is 1. The van der Waals surface area contributed by atoms with E-state index in [0.717, 1.165) is 0 Å². The SMILES string of the molecule is COc1cc(NC(=O)C(NC(=O)OC(C)(C)C)c2ccccc2)ccc1-c1cnco1. The van der Waals surface area contributed by atoms with Crippen molar-refractivity contribution < 1.29 is 23.5 Å². The molecule has 0 aliphatic carbocycles. The van der Waals surface area contributed by atoms with E-state index in [4.69, 9.17) is 13.9 Å². The van der Waals surface area contributed by atoms with E-state index < -0.39 is 23.6 Å². The first-order valence-electron chi connectivity index (χ1n) is 9.69. The number of oxazole rings is 1. The molecule has 0 aliphatic heterocycles. The van der Waals surface area contributed by atoms with Gasteiger partial charge < -0.3 is 24.5 Å². The van der Waals surface area contributed by atoms with Crippen LogP contribution in [0.5, 0.6) is 5.75 Å². The third kappa shape index (κ3) is 5.85. The minimum atomic E-state index is -0.948. The Kier molecular flexibility index (Phi) is 6.59. The van der Waals surface area contributed by atoms with Crippen LogP contribution in [0.25, 0.3) is 11.3 Å². The molecule has 2 aromatic carbocycles. The van der Waals surface area contributed by atoms with Crippen LogP contribution in [-0.2, 0) is 9.53 Å². The number of hydrogen-bond acceptors (Lipinski definition) is 6. The van der Waals surface area contributed by atoms with Crippen molar-refractivity contribution in [3.8, 4) is 17.1 Å². The van der Waals surface area contributed by atoms with Crippen molar-refractivity contribution in [2.24, 2.45) is 0 Å². The number of alkyl carbamates (subject to hydrolysis) is 1. The molecule has 2 N–H and O–H groups in total. The lowest BCUT2D eigenvalue weighted by atomic mass is 10.1. The Bertz CT molecular complexity index is 1030. The maximum atomic E-state index is 13.1. The zero-order valence-corrected chi connectivity index (χ0v) is 17.8. The van der Waals surface area contributed by atoms with Gasteiger partial charge in [0, 0.05) is 11.8 Å². The van der Waals surface area contributed by atoms with Crippen LogP contribution in [0.2, 0.25) is 0 Å². The number of nitrogens with one attached hydrogen (secondary N) is 2. The van der Waals surface area contributed by atoms with E-state index in [1.165, 1.54) is 13.5 Å².